The van der Waals surface area contributed by atoms with Gasteiger partial charge in [0.05, 0.1) is 17.0 Å². The number of nitrogens with one attached hydrogen (secondary N) is 2. The smallest absolute Gasteiger partial charge is 0.244 e. The van der Waals surface area contributed by atoms with E-state index in [9.17, 15) is 13.2 Å². The van der Waals surface area contributed by atoms with Crippen LogP contribution in [0.2, 0.25) is 0 Å². The van der Waals surface area contributed by atoms with Gasteiger partial charge < -0.3 is 4.98 Å². The molecule has 0 unspecified atom stereocenters. The number of nitrogens with zero attached hydrogens (tertiary/aromatic N) is 2. The zero-order valence-electron chi connectivity index (χ0n) is 16.4. The predicted molar refractivity (Wildman–Crippen MR) is 109 cm³/mol. The van der Waals surface area contributed by atoms with Crippen molar-refractivity contribution in [3.05, 3.63) is 52.8 Å². The first-order chi connectivity index (χ1) is 13.3. The van der Waals surface area contributed by atoms with Gasteiger partial charge in [-0.15, -0.1) is 0 Å². The Morgan fingerprint density at radius 1 is 1.25 bits per heavy atom. The van der Waals surface area contributed by atoms with E-state index in [-0.39, 0.29) is 17.3 Å². The van der Waals surface area contributed by atoms with Crippen LogP contribution in [0.25, 0.3) is 0 Å². The molecular weight excluding hydrogens is 376 g/mol. The lowest BCUT2D eigenvalue weighted by molar-refractivity contribution is -0.126. The summed E-state index contributed by atoms with van der Waals surface area (Å²) in [5.74, 6) is -0.676. The lowest BCUT2D eigenvalue weighted by Crippen LogP contribution is -2.44. The van der Waals surface area contributed by atoms with Crippen molar-refractivity contribution in [1.82, 2.24) is 14.7 Å². The standard InChI is InChI=1S/C20H26N4O3S/c1-14-6-8-19(9-7-14)28(26,27)24-10-4-5-17(13-24)20(25)23-21-12-18-11-15(2)22-16(18)3/h6-9,11-12,17,22H,4-5,10,13H2,1-3H3,(H,23,25)/b21-12+/t17-/m0/s1. The molecule has 2 aromatic rings. The molecule has 0 spiro atoms. The molecule has 28 heavy (non-hydrogen) atoms. The van der Waals surface area contributed by atoms with Gasteiger partial charge >= 0.3 is 0 Å². The fourth-order valence-corrected chi connectivity index (χ4v) is 4.89. The lowest BCUT2D eigenvalue weighted by atomic mass is 9.99. The molecular formula is C20H26N4O3S. The minimum Gasteiger partial charge on any atom is -0.362 e. The Morgan fingerprint density at radius 3 is 2.61 bits per heavy atom. The summed E-state index contributed by atoms with van der Waals surface area (Å²) in [5, 5.41) is 4.03. The fraction of sp³-hybridized carbons (Fsp3) is 0.400. The molecule has 150 valence electrons. The van der Waals surface area contributed by atoms with E-state index in [4.69, 9.17) is 0 Å². The van der Waals surface area contributed by atoms with E-state index in [1.807, 2.05) is 26.8 Å². The van der Waals surface area contributed by atoms with Crippen LogP contribution in [0.4, 0.5) is 0 Å². The summed E-state index contributed by atoms with van der Waals surface area (Å²) in [7, 11) is -3.60. The molecule has 2 N–H and O–H groups in total. The molecule has 0 saturated carbocycles. The van der Waals surface area contributed by atoms with Gasteiger partial charge in [-0.2, -0.15) is 9.41 Å². The number of carbonyl (C=O) groups is 1. The second kappa shape index (κ2) is 8.28. The van der Waals surface area contributed by atoms with E-state index in [0.717, 1.165) is 22.5 Å². The van der Waals surface area contributed by atoms with Crippen LogP contribution < -0.4 is 5.43 Å². The van der Waals surface area contributed by atoms with Gasteiger partial charge in [0.1, 0.15) is 0 Å². The maximum absolute atomic E-state index is 12.9. The van der Waals surface area contributed by atoms with Crippen LogP contribution in [-0.2, 0) is 14.8 Å². The normalized spacial score (nSPS) is 18.5. The third-order valence-electron chi connectivity index (χ3n) is 4.98. The Kier molecular flexibility index (Phi) is 6.00. The highest BCUT2D eigenvalue weighted by Crippen LogP contribution is 2.24. The number of H-pyrrole nitrogens is 1. The Labute approximate surface area is 165 Å². The lowest BCUT2D eigenvalue weighted by Gasteiger charge is -2.30. The van der Waals surface area contributed by atoms with E-state index < -0.39 is 15.9 Å². The number of benzene rings is 1. The molecule has 1 aliphatic rings. The number of amides is 1. The molecule has 3 rings (SSSR count). The van der Waals surface area contributed by atoms with Crippen LogP contribution in [0.15, 0.2) is 40.3 Å². The first-order valence-corrected chi connectivity index (χ1v) is 10.8. The first-order valence-electron chi connectivity index (χ1n) is 9.33. The maximum Gasteiger partial charge on any atom is 0.244 e. The number of aromatic amines is 1. The van der Waals surface area contributed by atoms with Gasteiger partial charge in [0.2, 0.25) is 15.9 Å². The molecule has 0 radical (unpaired) electrons. The third kappa shape index (κ3) is 4.51. The minimum atomic E-state index is -3.60. The van der Waals surface area contributed by atoms with E-state index in [0.29, 0.717) is 19.4 Å². The fourth-order valence-electron chi connectivity index (χ4n) is 3.37. The number of hydrogen-bond donors (Lipinski definition) is 2. The largest absolute Gasteiger partial charge is 0.362 e. The van der Waals surface area contributed by atoms with Crippen LogP contribution >= 0.6 is 0 Å². The van der Waals surface area contributed by atoms with Gasteiger partial charge in [0.15, 0.2) is 0 Å². The molecule has 1 saturated heterocycles. The van der Waals surface area contributed by atoms with E-state index in [1.54, 1.807) is 30.5 Å². The Balaban J connectivity index is 1.64. The van der Waals surface area contributed by atoms with Crippen molar-refractivity contribution in [2.45, 2.75) is 38.5 Å². The van der Waals surface area contributed by atoms with Crippen molar-refractivity contribution < 1.29 is 13.2 Å². The van der Waals surface area contributed by atoms with Gasteiger partial charge in [-0.1, -0.05) is 17.7 Å². The van der Waals surface area contributed by atoms with Gasteiger partial charge in [-0.05, 0) is 51.8 Å². The topological polar surface area (TPSA) is 94.6 Å². The summed E-state index contributed by atoms with van der Waals surface area (Å²) in [5.41, 5.74) is 6.46. The highest BCUT2D eigenvalue weighted by Gasteiger charge is 2.33. The molecule has 0 bridgehead atoms. The Bertz CT molecular complexity index is 977. The Hall–Kier alpha value is -2.45. The number of piperidine rings is 1. The van der Waals surface area contributed by atoms with Gasteiger partial charge in [0, 0.05) is 30.0 Å². The monoisotopic (exact) mass is 402 g/mol. The molecule has 8 heteroatoms. The summed E-state index contributed by atoms with van der Waals surface area (Å²) >= 11 is 0. The molecule has 1 atom stereocenters. The van der Waals surface area contributed by atoms with E-state index in [2.05, 4.69) is 15.5 Å². The number of hydrazone groups is 1. The molecule has 0 aliphatic carbocycles. The quantitative estimate of drug-likeness (QED) is 0.594. The van der Waals surface area contributed by atoms with Crippen molar-refractivity contribution in [3.8, 4) is 0 Å². The van der Waals surface area contributed by atoms with Gasteiger partial charge in [-0.25, -0.2) is 13.8 Å². The molecule has 1 amide bonds. The summed E-state index contributed by atoms with van der Waals surface area (Å²) in [6.07, 6.45) is 2.88. The van der Waals surface area contributed by atoms with Crippen LogP contribution in [0.3, 0.4) is 0 Å². The number of aromatic nitrogens is 1. The molecule has 1 aliphatic heterocycles. The highest BCUT2D eigenvalue weighted by molar-refractivity contribution is 7.89. The number of rotatable bonds is 5. The van der Waals surface area contributed by atoms with Gasteiger partial charge in [0.25, 0.3) is 0 Å². The Morgan fingerprint density at radius 2 is 1.96 bits per heavy atom. The number of sulfonamides is 1. The van der Waals surface area contributed by atoms with Crippen molar-refractivity contribution in [2.75, 3.05) is 13.1 Å². The zero-order chi connectivity index (χ0) is 20.3. The molecule has 1 fully saturated rings. The van der Waals surface area contributed by atoms with Crippen molar-refractivity contribution in [2.24, 2.45) is 11.0 Å². The van der Waals surface area contributed by atoms with Crippen LogP contribution in [-0.4, -0.2) is 42.9 Å². The minimum absolute atomic E-state index is 0.167. The molecule has 1 aromatic heterocycles. The zero-order valence-corrected chi connectivity index (χ0v) is 17.2. The highest BCUT2D eigenvalue weighted by atomic mass is 32.2. The second-order valence-electron chi connectivity index (χ2n) is 7.28. The number of aryl methyl sites for hydroxylation is 3. The summed E-state index contributed by atoms with van der Waals surface area (Å²) in [4.78, 5) is 15.9. The van der Waals surface area contributed by atoms with Crippen molar-refractivity contribution in [3.63, 3.8) is 0 Å². The molecule has 2 heterocycles. The van der Waals surface area contributed by atoms with Crippen LogP contribution in [0.1, 0.15) is 35.4 Å². The van der Waals surface area contributed by atoms with Crippen molar-refractivity contribution >= 4 is 22.1 Å². The summed E-state index contributed by atoms with van der Waals surface area (Å²) < 4.78 is 27.1. The second-order valence-corrected chi connectivity index (χ2v) is 9.22. The maximum atomic E-state index is 12.9. The number of carbonyl (C=O) groups excluding carboxylic acids is 1. The summed E-state index contributed by atoms with van der Waals surface area (Å²) in [6.45, 7) is 6.39. The molecule has 1 aromatic carbocycles. The van der Waals surface area contributed by atoms with E-state index in [1.165, 1.54) is 4.31 Å². The van der Waals surface area contributed by atoms with E-state index >= 15 is 0 Å². The summed E-state index contributed by atoms with van der Waals surface area (Å²) in [6, 6.07) is 8.72. The van der Waals surface area contributed by atoms with Crippen molar-refractivity contribution in [1.29, 1.82) is 0 Å². The number of hydrogen-bond acceptors (Lipinski definition) is 4. The third-order valence-corrected chi connectivity index (χ3v) is 6.86. The first kappa shape index (κ1) is 20.3. The van der Waals surface area contributed by atoms with Crippen LogP contribution in [0.5, 0.6) is 0 Å². The average molecular weight is 403 g/mol. The average Bonchev–Trinajstić information content (AvgIpc) is 2.99. The SMILES string of the molecule is Cc1ccc(S(=O)(=O)N2CCC[C@H](C(=O)N/N=C/c3cc(C)[nH]c3C)C2)cc1. The van der Waals surface area contributed by atoms with Gasteiger partial charge in [-0.3, -0.25) is 4.79 Å². The van der Waals surface area contributed by atoms with Crippen LogP contribution in [0, 0.1) is 26.7 Å². The predicted octanol–water partition coefficient (Wildman–Crippen LogP) is 2.49. The molecule has 7 nitrogen and oxygen atoms in total.